The van der Waals surface area contributed by atoms with Gasteiger partial charge in [-0.25, -0.2) is 5.48 Å². The fraction of sp³-hybridized carbons (Fsp3) is 0.455. The molecule has 166 valence electrons. The Morgan fingerprint density at radius 2 is 1.87 bits per heavy atom. The molecule has 2 aromatic rings. The van der Waals surface area contributed by atoms with Gasteiger partial charge in [-0.15, -0.1) is 0 Å². The maximum atomic E-state index is 12.8. The van der Waals surface area contributed by atoms with E-state index in [2.05, 4.69) is 10.3 Å². The molecular formula is C22H28N4O5. The van der Waals surface area contributed by atoms with Gasteiger partial charge < -0.3 is 15.3 Å². The summed E-state index contributed by atoms with van der Waals surface area (Å²) in [6.07, 6.45) is 5.00. The predicted molar refractivity (Wildman–Crippen MR) is 113 cm³/mol. The molecule has 0 saturated carbocycles. The second-order valence-electron chi connectivity index (χ2n) is 7.82. The molecule has 1 aliphatic heterocycles. The number of nitrogens with one attached hydrogen (secondary N) is 2. The van der Waals surface area contributed by atoms with Gasteiger partial charge in [-0.2, -0.15) is 0 Å². The molecule has 1 aromatic heterocycles. The molecule has 0 radical (unpaired) electrons. The normalized spacial score (nSPS) is 15.5. The molecule has 4 N–H and O–H groups in total. The summed E-state index contributed by atoms with van der Waals surface area (Å²) in [5.41, 5.74) is 1.82. The summed E-state index contributed by atoms with van der Waals surface area (Å²) >= 11 is 0. The largest absolute Gasteiger partial charge is 0.394 e. The number of hydrogen-bond donors (Lipinski definition) is 4. The molecule has 2 heterocycles. The van der Waals surface area contributed by atoms with Gasteiger partial charge in [0.15, 0.2) is 0 Å². The van der Waals surface area contributed by atoms with E-state index in [1.54, 1.807) is 22.6 Å². The number of fused-ring (bicyclic) bond motifs is 1. The number of carbonyl (C=O) groups is 3. The van der Waals surface area contributed by atoms with Crippen molar-refractivity contribution in [2.75, 3.05) is 19.7 Å². The Kier molecular flexibility index (Phi) is 7.91. The number of aliphatic hydroxyl groups is 1. The van der Waals surface area contributed by atoms with Gasteiger partial charge in [0, 0.05) is 31.1 Å². The average Bonchev–Trinajstić information content (AvgIpc) is 2.81. The van der Waals surface area contributed by atoms with Gasteiger partial charge in [-0.05, 0) is 43.1 Å². The molecule has 1 atom stereocenters. The fourth-order valence-electron chi connectivity index (χ4n) is 3.90. The molecule has 1 fully saturated rings. The van der Waals surface area contributed by atoms with Crippen LogP contribution in [0.25, 0.3) is 10.8 Å². The summed E-state index contributed by atoms with van der Waals surface area (Å²) in [6, 6.07) is 8.17. The zero-order valence-corrected chi connectivity index (χ0v) is 17.3. The summed E-state index contributed by atoms with van der Waals surface area (Å²) < 4.78 is 0. The molecule has 3 rings (SSSR count). The van der Waals surface area contributed by atoms with Gasteiger partial charge in [0.1, 0.15) is 11.7 Å². The maximum Gasteiger partial charge on any atom is 0.270 e. The molecule has 0 spiro atoms. The van der Waals surface area contributed by atoms with Gasteiger partial charge in [-0.3, -0.25) is 24.6 Å². The van der Waals surface area contributed by atoms with Crippen LogP contribution in [-0.2, 0) is 9.59 Å². The molecule has 1 saturated heterocycles. The number of benzene rings is 1. The Morgan fingerprint density at radius 3 is 2.55 bits per heavy atom. The lowest BCUT2D eigenvalue weighted by Crippen LogP contribution is -2.52. The van der Waals surface area contributed by atoms with Crippen molar-refractivity contribution in [1.82, 2.24) is 20.7 Å². The van der Waals surface area contributed by atoms with Crippen LogP contribution in [0, 0.1) is 5.92 Å². The fourth-order valence-corrected chi connectivity index (χ4v) is 3.90. The van der Waals surface area contributed by atoms with E-state index in [-0.39, 0.29) is 18.0 Å². The lowest BCUT2D eigenvalue weighted by molar-refractivity contribution is -0.135. The third-order valence-electron chi connectivity index (χ3n) is 5.72. The van der Waals surface area contributed by atoms with Crippen LogP contribution in [0.15, 0.2) is 36.5 Å². The van der Waals surface area contributed by atoms with Crippen LogP contribution in [-0.4, -0.2) is 63.7 Å². The molecule has 31 heavy (non-hydrogen) atoms. The van der Waals surface area contributed by atoms with E-state index in [1.165, 1.54) is 0 Å². The van der Waals surface area contributed by atoms with E-state index in [9.17, 15) is 19.5 Å². The third-order valence-corrected chi connectivity index (χ3v) is 5.72. The van der Waals surface area contributed by atoms with Gasteiger partial charge in [0.2, 0.25) is 11.8 Å². The van der Waals surface area contributed by atoms with Crippen molar-refractivity contribution >= 4 is 28.5 Å². The first kappa shape index (κ1) is 22.6. The van der Waals surface area contributed by atoms with E-state index in [4.69, 9.17) is 5.21 Å². The van der Waals surface area contributed by atoms with Crippen molar-refractivity contribution in [3.63, 3.8) is 0 Å². The van der Waals surface area contributed by atoms with Crippen molar-refractivity contribution < 1.29 is 24.7 Å². The number of hydroxylamine groups is 1. The Balaban J connectivity index is 1.51. The Morgan fingerprint density at radius 1 is 1.16 bits per heavy atom. The van der Waals surface area contributed by atoms with E-state index in [1.807, 2.05) is 24.3 Å². The lowest BCUT2D eigenvalue weighted by atomic mass is 9.91. The number of hydrogen-bond acceptors (Lipinski definition) is 6. The molecular weight excluding hydrogens is 400 g/mol. The topological polar surface area (TPSA) is 132 Å². The van der Waals surface area contributed by atoms with Gasteiger partial charge in [0.25, 0.3) is 5.91 Å². The summed E-state index contributed by atoms with van der Waals surface area (Å²) in [7, 11) is 0. The Hall–Kier alpha value is -3.04. The standard InChI is InChI=1S/C22H28N4O5/c27-14-19(24-21(29)18-12-16-5-1-2-6-17(16)13-23-18)22(30)26-10-8-15(9-11-26)4-3-7-20(28)25-31/h1-2,5-6,12-13,15,19,27,31H,3-4,7-11,14H2,(H,24,29)(H,25,28)/t19-/m0/s1. The quantitative estimate of drug-likeness (QED) is 0.369. The van der Waals surface area contributed by atoms with Gasteiger partial charge in [0.05, 0.1) is 6.61 Å². The predicted octanol–water partition coefficient (Wildman–Crippen LogP) is 1.24. The van der Waals surface area contributed by atoms with Crippen molar-refractivity contribution in [3.05, 3.63) is 42.2 Å². The first-order valence-electron chi connectivity index (χ1n) is 10.5. The summed E-state index contributed by atoms with van der Waals surface area (Å²) in [6.45, 7) is 0.584. The number of aromatic nitrogens is 1. The number of carbonyl (C=O) groups excluding carboxylic acids is 3. The van der Waals surface area contributed by atoms with E-state index in [0.29, 0.717) is 25.4 Å². The number of amides is 3. The highest BCUT2D eigenvalue weighted by atomic mass is 16.5. The van der Waals surface area contributed by atoms with Crippen molar-refractivity contribution in [2.24, 2.45) is 5.92 Å². The zero-order valence-electron chi connectivity index (χ0n) is 17.3. The van der Waals surface area contributed by atoms with Crippen LogP contribution in [0.5, 0.6) is 0 Å². The van der Waals surface area contributed by atoms with Gasteiger partial charge >= 0.3 is 0 Å². The highest BCUT2D eigenvalue weighted by molar-refractivity contribution is 5.98. The van der Waals surface area contributed by atoms with Crippen LogP contribution >= 0.6 is 0 Å². The minimum Gasteiger partial charge on any atom is -0.394 e. The molecule has 0 unspecified atom stereocenters. The molecule has 3 amide bonds. The first-order chi connectivity index (χ1) is 15.0. The van der Waals surface area contributed by atoms with Crippen LogP contribution in [0.2, 0.25) is 0 Å². The van der Waals surface area contributed by atoms with Crippen LogP contribution in [0.1, 0.15) is 42.6 Å². The Labute approximate surface area is 180 Å². The third kappa shape index (κ3) is 5.99. The molecule has 9 nitrogen and oxygen atoms in total. The average molecular weight is 428 g/mol. The minimum atomic E-state index is -1.02. The van der Waals surface area contributed by atoms with Gasteiger partial charge in [-0.1, -0.05) is 24.3 Å². The summed E-state index contributed by atoms with van der Waals surface area (Å²) in [5, 5.41) is 22.6. The smallest absolute Gasteiger partial charge is 0.270 e. The van der Waals surface area contributed by atoms with Crippen molar-refractivity contribution in [1.29, 1.82) is 0 Å². The number of nitrogens with zero attached hydrogens (tertiary/aromatic N) is 2. The van der Waals surface area contributed by atoms with E-state index < -0.39 is 24.5 Å². The monoisotopic (exact) mass is 428 g/mol. The van der Waals surface area contributed by atoms with Crippen LogP contribution in [0.4, 0.5) is 0 Å². The van der Waals surface area contributed by atoms with Crippen molar-refractivity contribution in [3.8, 4) is 0 Å². The van der Waals surface area contributed by atoms with E-state index >= 15 is 0 Å². The summed E-state index contributed by atoms with van der Waals surface area (Å²) in [4.78, 5) is 42.3. The number of likely N-dealkylation sites (tertiary alicyclic amines) is 1. The van der Waals surface area contributed by atoms with Crippen molar-refractivity contribution in [2.45, 2.75) is 38.1 Å². The molecule has 1 aliphatic rings. The first-order valence-corrected chi connectivity index (χ1v) is 10.5. The maximum absolute atomic E-state index is 12.8. The highest BCUT2D eigenvalue weighted by Crippen LogP contribution is 2.23. The second-order valence-corrected chi connectivity index (χ2v) is 7.82. The SMILES string of the molecule is O=C(CCCC1CCN(C(=O)[C@H](CO)NC(=O)c2cc3ccccc3cn2)CC1)NO. The van der Waals surface area contributed by atoms with Crippen LogP contribution in [0.3, 0.4) is 0 Å². The molecule has 1 aromatic carbocycles. The highest BCUT2D eigenvalue weighted by Gasteiger charge is 2.29. The number of piperidine rings is 1. The van der Waals surface area contributed by atoms with E-state index in [0.717, 1.165) is 30.0 Å². The number of aliphatic hydroxyl groups excluding tert-OH is 1. The Bertz CT molecular complexity index is 927. The molecule has 0 bridgehead atoms. The zero-order chi connectivity index (χ0) is 22.2. The lowest BCUT2D eigenvalue weighted by Gasteiger charge is -2.34. The number of pyridine rings is 1. The molecule has 0 aliphatic carbocycles. The number of rotatable bonds is 8. The summed E-state index contributed by atoms with van der Waals surface area (Å²) in [5.74, 6) is -0.806. The minimum absolute atomic E-state index is 0.190. The second kappa shape index (κ2) is 10.8. The molecule has 9 heteroatoms. The van der Waals surface area contributed by atoms with Crippen LogP contribution < -0.4 is 10.8 Å².